The fraction of sp³-hybridized carbons (Fsp3) is 1.00. The zero-order valence-electron chi connectivity index (χ0n) is 13.6. The fourth-order valence-corrected chi connectivity index (χ4v) is 6.14. The second-order valence-electron chi connectivity index (χ2n) is 6.89. The molecular weight excluding hydrogens is 324 g/mol. The molecule has 0 radical (unpaired) electrons. The molecule has 0 spiro atoms. The summed E-state index contributed by atoms with van der Waals surface area (Å²) in [7, 11) is 0. The molecule has 3 aliphatic heterocycles. The van der Waals surface area contributed by atoms with E-state index in [9.17, 15) is 5.11 Å². The first-order valence-electron chi connectivity index (χ1n) is 7.86. The van der Waals surface area contributed by atoms with Gasteiger partial charge in [0.05, 0.1) is 11.2 Å². The highest BCUT2D eigenvalue weighted by atomic mass is 32.2. The van der Waals surface area contributed by atoms with Gasteiger partial charge >= 0.3 is 0 Å². The lowest BCUT2D eigenvalue weighted by molar-refractivity contribution is -0.343. The predicted molar refractivity (Wildman–Crippen MR) is 88.1 cm³/mol. The van der Waals surface area contributed by atoms with E-state index in [1.165, 1.54) is 6.42 Å². The topological polar surface area (TPSA) is 57.2 Å². The third kappa shape index (κ3) is 3.77. The molecule has 0 bridgehead atoms. The van der Waals surface area contributed by atoms with Crippen LogP contribution in [0.5, 0.6) is 0 Å². The summed E-state index contributed by atoms with van der Waals surface area (Å²) in [6, 6.07) is 0. The summed E-state index contributed by atoms with van der Waals surface area (Å²) in [5.41, 5.74) is 0. The number of aliphatic hydroxyl groups excluding tert-OH is 1. The van der Waals surface area contributed by atoms with Crippen LogP contribution in [0.4, 0.5) is 0 Å². The predicted octanol–water partition coefficient (Wildman–Crippen LogP) is 2.22. The summed E-state index contributed by atoms with van der Waals surface area (Å²) in [4.78, 5) is 0. The first-order chi connectivity index (χ1) is 10.3. The molecule has 0 saturated carbocycles. The van der Waals surface area contributed by atoms with Crippen LogP contribution in [-0.2, 0) is 18.9 Å². The van der Waals surface area contributed by atoms with E-state index in [4.69, 9.17) is 18.9 Å². The van der Waals surface area contributed by atoms with Crippen LogP contribution in [0, 0.1) is 0 Å². The fourth-order valence-electron chi connectivity index (χ4n) is 3.09. The molecule has 22 heavy (non-hydrogen) atoms. The minimum absolute atomic E-state index is 0.241. The van der Waals surface area contributed by atoms with Crippen LogP contribution in [0.15, 0.2) is 0 Å². The van der Waals surface area contributed by atoms with Gasteiger partial charge in [-0.15, -0.1) is 23.5 Å². The van der Waals surface area contributed by atoms with Crippen LogP contribution in [0.25, 0.3) is 0 Å². The highest BCUT2D eigenvalue weighted by molar-refractivity contribution is 8.17. The van der Waals surface area contributed by atoms with Crippen LogP contribution >= 0.6 is 23.5 Å². The van der Waals surface area contributed by atoms with Crippen molar-refractivity contribution in [3.05, 3.63) is 0 Å². The SMILES string of the molecule is CC1(C)OC[C@H]([C@H]2OC(C)(C)O[C@@H](C3SCCCS3)[C@@H]2O)O1. The van der Waals surface area contributed by atoms with Crippen molar-refractivity contribution >= 4 is 23.5 Å². The summed E-state index contributed by atoms with van der Waals surface area (Å²) >= 11 is 3.74. The molecule has 3 heterocycles. The number of hydrogen-bond donors (Lipinski definition) is 1. The molecular formula is C15H26O5S2. The Morgan fingerprint density at radius 1 is 0.909 bits per heavy atom. The third-order valence-electron chi connectivity index (χ3n) is 4.03. The van der Waals surface area contributed by atoms with Crippen molar-refractivity contribution in [1.82, 2.24) is 0 Å². The quantitative estimate of drug-likeness (QED) is 0.819. The van der Waals surface area contributed by atoms with Gasteiger partial charge in [0.25, 0.3) is 0 Å². The van der Waals surface area contributed by atoms with Crippen molar-refractivity contribution in [3.8, 4) is 0 Å². The molecule has 0 amide bonds. The Morgan fingerprint density at radius 2 is 1.55 bits per heavy atom. The minimum Gasteiger partial charge on any atom is -0.388 e. The van der Waals surface area contributed by atoms with Gasteiger partial charge in [-0.3, -0.25) is 0 Å². The maximum atomic E-state index is 10.8. The summed E-state index contributed by atoms with van der Waals surface area (Å²) < 4.78 is 23.8. The maximum Gasteiger partial charge on any atom is 0.163 e. The number of thioether (sulfide) groups is 2. The molecule has 0 aromatic carbocycles. The highest BCUT2D eigenvalue weighted by Crippen LogP contribution is 2.42. The Hall–Kier alpha value is 0.500. The second-order valence-corrected chi connectivity index (χ2v) is 9.68. The van der Waals surface area contributed by atoms with Gasteiger partial charge in [0, 0.05) is 0 Å². The molecule has 0 aromatic rings. The molecule has 1 N–H and O–H groups in total. The Balaban J connectivity index is 1.75. The molecule has 3 saturated heterocycles. The van der Waals surface area contributed by atoms with Crippen molar-refractivity contribution < 1.29 is 24.1 Å². The standard InChI is InChI=1S/C15H26O5S2/c1-14(2)17-8-9(18-14)11-10(16)12(20-15(3,4)19-11)13-21-6-5-7-22-13/h9-13,16H,5-8H2,1-4H3/t9-,10-,11-,12-/m1/s1. The van der Waals surface area contributed by atoms with E-state index in [1.807, 2.05) is 51.2 Å². The lowest BCUT2D eigenvalue weighted by Crippen LogP contribution is -2.61. The maximum absolute atomic E-state index is 10.8. The Morgan fingerprint density at radius 3 is 2.14 bits per heavy atom. The van der Waals surface area contributed by atoms with Gasteiger partial charge in [-0.25, -0.2) is 0 Å². The molecule has 3 rings (SSSR count). The molecule has 5 nitrogen and oxygen atoms in total. The Kier molecular flexibility index (Phi) is 5.06. The zero-order chi connectivity index (χ0) is 16.0. The van der Waals surface area contributed by atoms with Crippen LogP contribution in [0.2, 0.25) is 0 Å². The van der Waals surface area contributed by atoms with Crippen LogP contribution in [0.1, 0.15) is 34.1 Å². The smallest absolute Gasteiger partial charge is 0.163 e. The van der Waals surface area contributed by atoms with E-state index < -0.39 is 23.8 Å². The Labute approximate surface area is 140 Å². The van der Waals surface area contributed by atoms with Crippen molar-refractivity contribution in [2.45, 2.75) is 74.7 Å². The molecule has 0 aromatic heterocycles. The van der Waals surface area contributed by atoms with Gasteiger partial charge in [0.1, 0.15) is 24.4 Å². The number of hydrogen-bond acceptors (Lipinski definition) is 7. The van der Waals surface area contributed by atoms with Crippen LogP contribution in [0.3, 0.4) is 0 Å². The van der Waals surface area contributed by atoms with Crippen LogP contribution in [-0.4, -0.2) is 63.8 Å². The molecule has 4 atom stereocenters. The van der Waals surface area contributed by atoms with E-state index in [0.717, 1.165) is 11.5 Å². The number of rotatable bonds is 2. The minimum atomic E-state index is -0.733. The van der Waals surface area contributed by atoms with Crippen LogP contribution < -0.4 is 0 Å². The van der Waals surface area contributed by atoms with Crippen molar-refractivity contribution in [3.63, 3.8) is 0 Å². The normalized spacial score (nSPS) is 42.4. The van der Waals surface area contributed by atoms with Gasteiger partial charge in [-0.2, -0.15) is 0 Å². The molecule has 0 aliphatic carbocycles. The molecule has 128 valence electrons. The first kappa shape index (κ1) is 17.3. The lowest BCUT2D eigenvalue weighted by Gasteiger charge is -2.47. The summed E-state index contributed by atoms with van der Waals surface area (Å²) in [6.45, 7) is 8.00. The summed E-state index contributed by atoms with van der Waals surface area (Å²) in [6.07, 6.45) is -0.450. The van der Waals surface area contributed by atoms with Gasteiger partial charge < -0.3 is 24.1 Å². The molecule has 0 unspecified atom stereocenters. The molecule has 3 fully saturated rings. The van der Waals surface area contributed by atoms with E-state index in [2.05, 4.69) is 0 Å². The largest absolute Gasteiger partial charge is 0.388 e. The molecule has 7 heteroatoms. The average molecular weight is 351 g/mol. The monoisotopic (exact) mass is 350 g/mol. The lowest BCUT2D eigenvalue weighted by atomic mass is 10.0. The highest BCUT2D eigenvalue weighted by Gasteiger charge is 2.52. The third-order valence-corrected chi connectivity index (χ3v) is 7.09. The summed E-state index contributed by atoms with van der Waals surface area (Å²) in [5.74, 6) is 0.877. The van der Waals surface area contributed by atoms with E-state index in [1.54, 1.807) is 0 Å². The number of ether oxygens (including phenoxy) is 4. The Bertz CT molecular complexity index is 397. The van der Waals surface area contributed by atoms with Gasteiger partial charge in [0.2, 0.25) is 0 Å². The van der Waals surface area contributed by atoms with Gasteiger partial charge in [-0.05, 0) is 45.6 Å². The average Bonchev–Trinajstić information content (AvgIpc) is 2.82. The van der Waals surface area contributed by atoms with Gasteiger partial charge in [0.15, 0.2) is 11.6 Å². The second kappa shape index (κ2) is 6.43. The first-order valence-corrected chi connectivity index (χ1v) is 9.96. The zero-order valence-corrected chi connectivity index (χ0v) is 15.2. The van der Waals surface area contributed by atoms with Gasteiger partial charge in [-0.1, -0.05) is 0 Å². The van der Waals surface area contributed by atoms with Crippen molar-refractivity contribution in [2.24, 2.45) is 0 Å². The van der Waals surface area contributed by atoms with E-state index in [-0.39, 0.29) is 16.8 Å². The van der Waals surface area contributed by atoms with E-state index in [0.29, 0.717) is 6.61 Å². The summed E-state index contributed by atoms with van der Waals surface area (Å²) in [5, 5.41) is 10.8. The van der Waals surface area contributed by atoms with Crippen molar-refractivity contribution in [1.29, 1.82) is 0 Å². The molecule has 3 aliphatic rings. The van der Waals surface area contributed by atoms with Crippen molar-refractivity contribution in [2.75, 3.05) is 18.1 Å². The number of aliphatic hydroxyl groups is 1. The van der Waals surface area contributed by atoms with E-state index >= 15 is 0 Å².